The van der Waals surface area contributed by atoms with Gasteiger partial charge < -0.3 is 4.90 Å². The van der Waals surface area contributed by atoms with E-state index in [9.17, 15) is 22.0 Å². The lowest BCUT2D eigenvalue weighted by atomic mass is 10.2. The highest BCUT2D eigenvalue weighted by Gasteiger charge is 2.32. The standard InChI is InChI=1S/C14H18F2N2O3S/c1-10(2)14(19)17-5-7-18(8-6-17)22(20,21)13-4-3-11(15)9-12(13)16/h3-4,9-10H,5-8H2,1-2H3. The van der Waals surface area contributed by atoms with Crippen LogP contribution in [0.4, 0.5) is 8.78 Å². The number of hydrogen-bond donors (Lipinski definition) is 0. The summed E-state index contributed by atoms with van der Waals surface area (Å²) in [5, 5.41) is 0. The molecule has 0 N–H and O–H groups in total. The van der Waals surface area contributed by atoms with Gasteiger partial charge in [0.25, 0.3) is 0 Å². The van der Waals surface area contributed by atoms with Crippen LogP contribution in [-0.4, -0.2) is 49.7 Å². The predicted molar refractivity (Wildman–Crippen MR) is 76.5 cm³/mol. The van der Waals surface area contributed by atoms with Crippen molar-refractivity contribution in [3.05, 3.63) is 29.8 Å². The van der Waals surface area contributed by atoms with Gasteiger partial charge in [0.05, 0.1) is 0 Å². The summed E-state index contributed by atoms with van der Waals surface area (Å²) in [7, 11) is -4.03. The Balaban J connectivity index is 2.14. The minimum Gasteiger partial charge on any atom is -0.340 e. The quantitative estimate of drug-likeness (QED) is 0.842. The highest BCUT2D eigenvalue weighted by atomic mass is 32.2. The zero-order chi connectivity index (χ0) is 16.5. The van der Waals surface area contributed by atoms with E-state index >= 15 is 0 Å². The van der Waals surface area contributed by atoms with E-state index in [4.69, 9.17) is 0 Å². The summed E-state index contributed by atoms with van der Waals surface area (Å²) in [6.07, 6.45) is 0. The van der Waals surface area contributed by atoms with Crippen molar-refractivity contribution in [2.45, 2.75) is 18.7 Å². The Bertz CT molecular complexity index is 669. The van der Waals surface area contributed by atoms with Crippen molar-refractivity contribution < 1.29 is 22.0 Å². The Hall–Kier alpha value is -1.54. The van der Waals surface area contributed by atoms with E-state index in [-0.39, 0.29) is 38.0 Å². The topological polar surface area (TPSA) is 57.7 Å². The van der Waals surface area contributed by atoms with Gasteiger partial charge in [0, 0.05) is 38.2 Å². The molecule has 0 atom stereocenters. The van der Waals surface area contributed by atoms with E-state index in [0.29, 0.717) is 6.07 Å². The van der Waals surface area contributed by atoms with E-state index in [1.54, 1.807) is 18.7 Å². The second kappa shape index (κ2) is 6.29. The number of sulfonamides is 1. The molecule has 0 aromatic heterocycles. The summed E-state index contributed by atoms with van der Waals surface area (Å²) in [5.41, 5.74) is 0. The van der Waals surface area contributed by atoms with Crippen molar-refractivity contribution in [1.82, 2.24) is 9.21 Å². The number of halogens is 2. The monoisotopic (exact) mass is 332 g/mol. The van der Waals surface area contributed by atoms with E-state index in [1.165, 1.54) is 0 Å². The number of carbonyl (C=O) groups excluding carboxylic acids is 1. The van der Waals surface area contributed by atoms with E-state index in [1.807, 2.05) is 0 Å². The summed E-state index contributed by atoms with van der Waals surface area (Å²) in [4.78, 5) is 12.9. The van der Waals surface area contributed by atoms with Crippen LogP contribution in [0.5, 0.6) is 0 Å². The number of carbonyl (C=O) groups is 1. The third-order valence-corrected chi connectivity index (χ3v) is 5.49. The molecule has 0 spiro atoms. The van der Waals surface area contributed by atoms with Crippen LogP contribution < -0.4 is 0 Å². The third-order valence-electron chi connectivity index (χ3n) is 3.56. The SMILES string of the molecule is CC(C)C(=O)N1CCN(S(=O)(=O)c2ccc(F)cc2F)CC1. The number of rotatable bonds is 3. The van der Waals surface area contributed by atoms with Gasteiger partial charge >= 0.3 is 0 Å². The molecule has 122 valence electrons. The first-order valence-electron chi connectivity index (χ1n) is 6.97. The van der Waals surface area contributed by atoms with Gasteiger partial charge in [-0.2, -0.15) is 4.31 Å². The van der Waals surface area contributed by atoms with Crippen molar-refractivity contribution in [3.8, 4) is 0 Å². The maximum Gasteiger partial charge on any atom is 0.246 e. The summed E-state index contributed by atoms with van der Waals surface area (Å²) >= 11 is 0. The van der Waals surface area contributed by atoms with Crippen LogP contribution >= 0.6 is 0 Å². The second-order valence-electron chi connectivity index (χ2n) is 5.46. The number of piperazine rings is 1. The van der Waals surface area contributed by atoms with Crippen LogP contribution in [0, 0.1) is 17.6 Å². The molecule has 0 saturated carbocycles. The molecule has 8 heteroatoms. The summed E-state index contributed by atoms with van der Waals surface area (Å²) in [6.45, 7) is 4.27. The fourth-order valence-corrected chi connectivity index (χ4v) is 3.81. The van der Waals surface area contributed by atoms with Gasteiger partial charge in [-0.25, -0.2) is 17.2 Å². The molecule has 1 aromatic carbocycles. The molecule has 5 nitrogen and oxygen atoms in total. The van der Waals surface area contributed by atoms with E-state index in [2.05, 4.69) is 0 Å². The summed E-state index contributed by atoms with van der Waals surface area (Å²) in [6, 6.07) is 2.38. The van der Waals surface area contributed by atoms with Gasteiger partial charge in [-0.1, -0.05) is 13.8 Å². The normalized spacial score (nSPS) is 17.0. The van der Waals surface area contributed by atoms with Gasteiger partial charge in [0.1, 0.15) is 16.5 Å². The first kappa shape index (κ1) is 16.8. The smallest absolute Gasteiger partial charge is 0.246 e. The van der Waals surface area contributed by atoms with Crippen molar-refractivity contribution >= 4 is 15.9 Å². The molecule has 1 amide bonds. The highest BCUT2D eigenvalue weighted by molar-refractivity contribution is 7.89. The fraction of sp³-hybridized carbons (Fsp3) is 0.500. The molecule has 1 aliphatic heterocycles. The first-order chi connectivity index (χ1) is 10.2. The summed E-state index contributed by atoms with van der Waals surface area (Å²) < 4.78 is 52.5. The Labute approximate surface area is 128 Å². The summed E-state index contributed by atoms with van der Waals surface area (Å²) in [5.74, 6) is -2.13. The Morgan fingerprint density at radius 3 is 2.23 bits per heavy atom. The van der Waals surface area contributed by atoms with Crippen molar-refractivity contribution in [2.24, 2.45) is 5.92 Å². The molecular formula is C14H18F2N2O3S. The van der Waals surface area contributed by atoms with Gasteiger partial charge in [0.15, 0.2) is 0 Å². The van der Waals surface area contributed by atoms with Crippen LogP contribution in [0.25, 0.3) is 0 Å². The number of nitrogens with zero attached hydrogens (tertiary/aromatic N) is 2. The largest absolute Gasteiger partial charge is 0.340 e. The minimum atomic E-state index is -4.03. The average Bonchev–Trinajstić information content (AvgIpc) is 2.46. The fourth-order valence-electron chi connectivity index (χ4n) is 2.34. The lowest BCUT2D eigenvalue weighted by Gasteiger charge is -2.34. The molecule has 1 heterocycles. The van der Waals surface area contributed by atoms with Crippen LogP contribution in [0.15, 0.2) is 23.1 Å². The maximum absolute atomic E-state index is 13.7. The van der Waals surface area contributed by atoms with Crippen molar-refractivity contribution in [1.29, 1.82) is 0 Å². The Morgan fingerprint density at radius 2 is 1.73 bits per heavy atom. The number of hydrogen-bond acceptors (Lipinski definition) is 3. The zero-order valence-electron chi connectivity index (χ0n) is 12.4. The Kier molecular flexibility index (Phi) is 4.81. The van der Waals surface area contributed by atoms with Gasteiger partial charge in [-0.3, -0.25) is 4.79 Å². The molecule has 1 fully saturated rings. The maximum atomic E-state index is 13.7. The van der Waals surface area contributed by atoms with Crippen LogP contribution in [0.2, 0.25) is 0 Å². The van der Waals surface area contributed by atoms with Gasteiger partial charge in [-0.15, -0.1) is 0 Å². The van der Waals surface area contributed by atoms with Crippen molar-refractivity contribution in [3.63, 3.8) is 0 Å². The zero-order valence-corrected chi connectivity index (χ0v) is 13.2. The van der Waals surface area contributed by atoms with Gasteiger partial charge in [-0.05, 0) is 12.1 Å². The predicted octanol–water partition coefficient (Wildman–Crippen LogP) is 1.45. The third kappa shape index (κ3) is 3.27. The number of amides is 1. The Morgan fingerprint density at radius 1 is 1.14 bits per heavy atom. The number of benzene rings is 1. The molecule has 0 radical (unpaired) electrons. The van der Waals surface area contributed by atoms with Crippen molar-refractivity contribution in [2.75, 3.05) is 26.2 Å². The van der Waals surface area contributed by atoms with E-state index < -0.39 is 26.6 Å². The molecule has 0 aliphatic carbocycles. The molecule has 22 heavy (non-hydrogen) atoms. The molecule has 0 unspecified atom stereocenters. The molecule has 1 saturated heterocycles. The van der Waals surface area contributed by atoms with Crippen LogP contribution in [0.1, 0.15) is 13.8 Å². The first-order valence-corrected chi connectivity index (χ1v) is 8.41. The molecule has 0 bridgehead atoms. The molecular weight excluding hydrogens is 314 g/mol. The van der Waals surface area contributed by atoms with Crippen LogP contribution in [0.3, 0.4) is 0 Å². The van der Waals surface area contributed by atoms with Crippen LogP contribution in [-0.2, 0) is 14.8 Å². The van der Waals surface area contributed by atoms with E-state index in [0.717, 1.165) is 16.4 Å². The minimum absolute atomic E-state index is 0.0370. The molecule has 2 rings (SSSR count). The van der Waals surface area contributed by atoms with Gasteiger partial charge in [0.2, 0.25) is 15.9 Å². The molecule has 1 aromatic rings. The average molecular weight is 332 g/mol. The second-order valence-corrected chi connectivity index (χ2v) is 7.37. The lowest BCUT2D eigenvalue weighted by molar-refractivity contribution is -0.135. The highest BCUT2D eigenvalue weighted by Crippen LogP contribution is 2.21. The molecule has 1 aliphatic rings. The lowest BCUT2D eigenvalue weighted by Crippen LogP contribution is -2.51.